The molecule has 0 saturated heterocycles. The van der Waals surface area contributed by atoms with Gasteiger partial charge in [-0.15, -0.1) is 11.8 Å². The van der Waals surface area contributed by atoms with E-state index in [0.717, 1.165) is 17.7 Å². The van der Waals surface area contributed by atoms with Gasteiger partial charge in [0.05, 0.1) is 5.75 Å². The van der Waals surface area contributed by atoms with Gasteiger partial charge >= 0.3 is 0 Å². The number of hydrogen-bond donors (Lipinski definition) is 2. The van der Waals surface area contributed by atoms with Crippen LogP contribution in [0, 0.1) is 17.7 Å². The molecular formula is C17H23FN2OS. The lowest BCUT2D eigenvalue weighted by atomic mass is 9.67. The van der Waals surface area contributed by atoms with Gasteiger partial charge < -0.3 is 11.1 Å². The number of carbonyl (C=O) groups excluding carboxylic acids is 1. The maximum atomic E-state index is 12.9. The van der Waals surface area contributed by atoms with Crippen LogP contribution in [-0.2, 0) is 4.79 Å². The van der Waals surface area contributed by atoms with Gasteiger partial charge in [-0.05, 0) is 61.8 Å². The fourth-order valence-electron chi connectivity index (χ4n) is 3.93. The van der Waals surface area contributed by atoms with Crippen LogP contribution in [0.25, 0.3) is 0 Å². The number of hydrogen-bond acceptors (Lipinski definition) is 3. The van der Waals surface area contributed by atoms with E-state index >= 15 is 0 Å². The lowest BCUT2D eigenvalue weighted by molar-refractivity contribution is -0.120. The highest BCUT2D eigenvalue weighted by molar-refractivity contribution is 8.00. The summed E-state index contributed by atoms with van der Waals surface area (Å²) in [5.41, 5.74) is 6.12. The zero-order chi connectivity index (χ0) is 15.5. The van der Waals surface area contributed by atoms with Crippen LogP contribution in [0.2, 0.25) is 0 Å². The highest BCUT2D eigenvalue weighted by atomic mass is 32.2. The predicted molar refractivity (Wildman–Crippen MR) is 87.1 cm³/mol. The average molecular weight is 322 g/mol. The van der Waals surface area contributed by atoms with Gasteiger partial charge in [-0.2, -0.15) is 0 Å². The van der Waals surface area contributed by atoms with Gasteiger partial charge in [0.1, 0.15) is 5.82 Å². The summed E-state index contributed by atoms with van der Waals surface area (Å²) in [5, 5.41) is 3.23. The Morgan fingerprint density at radius 1 is 1.23 bits per heavy atom. The third-order valence-electron chi connectivity index (χ3n) is 4.89. The smallest absolute Gasteiger partial charge is 0.230 e. The minimum absolute atomic E-state index is 0.0756. The molecule has 120 valence electrons. The highest BCUT2D eigenvalue weighted by Gasteiger charge is 2.39. The van der Waals surface area contributed by atoms with Crippen molar-refractivity contribution in [1.82, 2.24) is 5.32 Å². The van der Waals surface area contributed by atoms with E-state index in [2.05, 4.69) is 5.32 Å². The Hall–Kier alpha value is -1.07. The van der Waals surface area contributed by atoms with Crippen molar-refractivity contribution >= 4 is 17.7 Å². The Balaban J connectivity index is 1.52. The van der Waals surface area contributed by atoms with Crippen molar-refractivity contribution in [1.29, 1.82) is 0 Å². The molecule has 2 fully saturated rings. The maximum Gasteiger partial charge on any atom is 0.230 e. The number of fused-ring (bicyclic) bond motifs is 2. The average Bonchev–Trinajstić information content (AvgIpc) is 2.48. The van der Waals surface area contributed by atoms with Gasteiger partial charge in [-0.1, -0.05) is 6.42 Å². The molecule has 1 aromatic rings. The lowest BCUT2D eigenvalue weighted by Crippen LogP contribution is -2.54. The van der Waals surface area contributed by atoms with Crippen LogP contribution in [0.1, 0.15) is 32.1 Å². The molecule has 1 aromatic carbocycles. The molecule has 2 bridgehead atoms. The van der Waals surface area contributed by atoms with Gasteiger partial charge in [0.25, 0.3) is 0 Å². The highest BCUT2D eigenvalue weighted by Crippen LogP contribution is 2.39. The van der Waals surface area contributed by atoms with E-state index in [4.69, 9.17) is 5.73 Å². The molecule has 0 radical (unpaired) electrons. The molecule has 0 aliphatic heterocycles. The van der Waals surface area contributed by atoms with E-state index in [-0.39, 0.29) is 11.7 Å². The normalized spacial score (nSPS) is 30.8. The summed E-state index contributed by atoms with van der Waals surface area (Å²) in [7, 11) is 0. The van der Waals surface area contributed by atoms with Gasteiger partial charge in [0.2, 0.25) is 5.91 Å². The van der Waals surface area contributed by atoms with Crippen LogP contribution in [0.3, 0.4) is 0 Å². The summed E-state index contributed by atoms with van der Waals surface area (Å²) in [6.07, 6.45) is 5.69. The minimum Gasteiger partial charge on any atom is -0.352 e. The van der Waals surface area contributed by atoms with Crippen molar-refractivity contribution < 1.29 is 9.18 Å². The van der Waals surface area contributed by atoms with E-state index in [1.54, 1.807) is 12.1 Å². The number of carbonyl (C=O) groups is 1. The van der Waals surface area contributed by atoms with Crippen molar-refractivity contribution in [2.24, 2.45) is 17.6 Å². The van der Waals surface area contributed by atoms with E-state index in [9.17, 15) is 9.18 Å². The molecule has 2 aliphatic carbocycles. The summed E-state index contributed by atoms with van der Waals surface area (Å²) in [6, 6.07) is 6.87. The molecule has 3 rings (SSSR count). The molecule has 0 spiro atoms. The van der Waals surface area contributed by atoms with Crippen molar-refractivity contribution in [3.63, 3.8) is 0 Å². The number of nitrogens with one attached hydrogen (secondary N) is 1. The fourth-order valence-corrected chi connectivity index (χ4v) is 4.64. The van der Waals surface area contributed by atoms with Crippen LogP contribution in [0.15, 0.2) is 29.2 Å². The number of rotatable bonds is 4. The monoisotopic (exact) mass is 322 g/mol. The van der Waals surface area contributed by atoms with Gasteiger partial charge in [-0.25, -0.2) is 4.39 Å². The molecule has 0 aromatic heterocycles. The summed E-state index contributed by atoms with van der Waals surface area (Å²) < 4.78 is 12.9. The van der Waals surface area contributed by atoms with Gasteiger partial charge in [0, 0.05) is 17.0 Å². The number of nitrogens with two attached hydrogens (primary N) is 1. The van der Waals surface area contributed by atoms with Gasteiger partial charge in [0.15, 0.2) is 0 Å². The first-order chi connectivity index (χ1) is 10.6. The molecule has 5 heteroatoms. The molecule has 22 heavy (non-hydrogen) atoms. The summed E-state index contributed by atoms with van der Waals surface area (Å²) in [6.45, 7) is 0. The molecule has 3 nitrogen and oxygen atoms in total. The zero-order valence-corrected chi connectivity index (χ0v) is 13.4. The van der Waals surface area contributed by atoms with Crippen LogP contribution in [0.4, 0.5) is 4.39 Å². The zero-order valence-electron chi connectivity index (χ0n) is 12.6. The number of amides is 1. The molecule has 3 N–H and O–H groups in total. The first-order valence-electron chi connectivity index (χ1n) is 8.05. The Labute approximate surface area is 135 Å². The second-order valence-corrected chi connectivity index (χ2v) is 7.57. The van der Waals surface area contributed by atoms with Crippen LogP contribution >= 0.6 is 11.8 Å². The Morgan fingerprint density at radius 2 is 1.86 bits per heavy atom. The first-order valence-corrected chi connectivity index (χ1v) is 9.03. The first kappa shape index (κ1) is 15.8. The largest absolute Gasteiger partial charge is 0.352 e. The van der Waals surface area contributed by atoms with Crippen molar-refractivity contribution in [3.8, 4) is 0 Å². The maximum absolute atomic E-state index is 12.9. The summed E-state index contributed by atoms with van der Waals surface area (Å²) in [4.78, 5) is 13.1. The number of thioether (sulfide) groups is 1. The van der Waals surface area contributed by atoms with Crippen LogP contribution < -0.4 is 11.1 Å². The molecule has 2 atom stereocenters. The topological polar surface area (TPSA) is 55.1 Å². The summed E-state index contributed by atoms with van der Waals surface area (Å²) >= 11 is 1.45. The van der Waals surface area contributed by atoms with E-state index in [1.165, 1.54) is 43.2 Å². The second-order valence-electron chi connectivity index (χ2n) is 6.52. The lowest BCUT2D eigenvalue weighted by Gasteiger charge is -2.45. The molecule has 1 amide bonds. The molecule has 2 unspecified atom stereocenters. The fraction of sp³-hybridized carbons (Fsp3) is 0.588. The number of benzene rings is 1. The van der Waals surface area contributed by atoms with Crippen molar-refractivity contribution in [2.75, 3.05) is 5.75 Å². The summed E-state index contributed by atoms with van der Waals surface area (Å²) in [5.74, 6) is 1.30. The van der Waals surface area contributed by atoms with E-state index in [0.29, 0.717) is 29.7 Å². The Kier molecular flexibility index (Phi) is 5.03. The number of halogens is 1. The molecule has 2 aliphatic rings. The van der Waals surface area contributed by atoms with Crippen molar-refractivity contribution in [3.05, 3.63) is 30.1 Å². The second kappa shape index (κ2) is 7.01. The van der Waals surface area contributed by atoms with Crippen molar-refractivity contribution in [2.45, 2.75) is 49.1 Å². The standard InChI is InChI=1S/C17H23FN2OS/c18-13-4-6-15(7-5-13)22-10-16(21)20-17-11-2-1-3-12(17)9-14(19)8-11/h4-7,11-12,14,17H,1-3,8-10,19H2,(H,20,21). The van der Waals surface area contributed by atoms with Crippen LogP contribution in [0.5, 0.6) is 0 Å². The van der Waals surface area contributed by atoms with E-state index < -0.39 is 0 Å². The molecule has 0 heterocycles. The predicted octanol–water partition coefficient (Wildman–Crippen LogP) is 2.94. The third-order valence-corrected chi connectivity index (χ3v) is 5.90. The Bertz CT molecular complexity index is 508. The van der Waals surface area contributed by atoms with Crippen LogP contribution in [-0.4, -0.2) is 23.7 Å². The molecule has 2 saturated carbocycles. The third kappa shape index (κ3) is 3.82. The SMILES string of the molecule is NC1CC2CCCC(C1)C2NC(=O)CSc1ccc(F)cc1. The minimum atomic E-state index is -0.250. The quantitative estimate of drug-likeness (QED) is 0.838. The van der Waals surface area contributed by atoms with E-state index in [1.807, 2.05) is 0 Å². The van der Waals surface area contributed by atoms with Gasteiger partial charge in [-0.3, -0.25) is 4.79 Å². The molecular weight excluding hydrogens is 299 g/mol. The Morgan fingerprint density at radius 3 is 2.50 bits per heavy atom.